The van der Waals surface area contributed by atoms with Gasteiger partial charge in [0.2, 0.25) is 0 Å². The van der Waals surface area contributed by atoms with Crippen LogP contribution in [0, 0.1) is 5.92 Å². The van der Waals surface area contributed by atoms with Gasteiger partial charge < -0.3 is 5.32 Å². The van der Waals surface area contributed by atoms with Crippen molar-refractivity contribution in [2.24, 2.45) is 5.92 Å². The molecule has 0 spiro atoms. The lowest BCUT2D eigenvalue weighted by atomic mass is 10.1. The number of rotatable bonds is 5. The fraction of sp³-hybridized carbons (Fsp3) is 0.800. The predicted molar refractivity (Wildman–Crippen MR) is 51.7 cm³/mol. The second-order valence-corrected chi connectivity index (χ2v) is 3.51. The average molecular weight is 155 g/mol. The maximum absolute atomic E-state index is 3.43. The van der Waals surface area contributed by atoms with Crippen LogP contribution in [0.15, 0.2) is 12.2 Å². The summed E-state index contributed by atoms with van der Waals surface area (Å²) in [6.45, 7) is 9.81. The van der Waals surface area contributed by atoms with E-state index in [2.05, 4.69) is 45.2 Å². The van der Waals surface area contributed by atoms with Gasteiger partial charge in [0, 0.05) is 12.6 Å². The zero-order chi connectivity index (χ0) is 8.69. The van der Waals surface area contributed by atoms with Crippen molar-refractivity contribution in [3.63, 3.8) is 0 Å². The Balaban J connectivity index is 3.29. The third-order valence-corrected chi connectivity index (χ3v) is 1.64. The molecule has 0 amide bonds. The first kappa shape index (κ1) is 10.7. The molecule has 0 rings (SSSR count). The van der Waals surface area contributed by atoms with Crippen LogP contribution in [-0.4, -0.2) is 12.6 Å². The number of nitrogens with one attached hydrogen (secondary N) is 1. The van der Waals surface area contributed by atoms with Crippen LogP contribution in [-0.2, 0) is 0 Å². The summed E-state index contributed by atoms with van der Waals surface area (Å²) >= 11 is 0. The second-order valence-electron chi connectivity index (χ2n) is 3.51. The minimum Gasteiger partial charge on any atom is -0.311 e. The van der Waals surface area contributed by atoms with Gasteiger partial charge in [-0.2, -0.15) is 0 Å². The summed E-state index contributed by atoms with van der Waals surface area (Å²) in [7, 11) is 0. The van der Waals surface area contributed by atoms with Crippen LogP contribution in [0.3, 0.4) is 0 Å². The van der Waals surface area contributed by atoms with Crippen molar-refractivity contribution in [3.8, 4) is 0 Å². The molecule has 0 aliphatic rings. The highest BCUT2D eigenvalue weighted by atomic mass is 14.9. The Kier molecular flexibility index (Phi) is 6.24. The minimum atomic E-state index is 0.645. The SMILES string of the molecule is C/C=C/CNC(C)CC(C)C. The summed E-state index contributed by atoms with van der Waals surface area (Å²) in [5, 5.41) is 3.43. The third-order valence-electron chi connectivity index (χ3n) is 1.64. The largest absolute Gasteiger partial charge is 0.311 e. The Hall–Kier alpha value is -0.300. The highest BCUT2D eigenvalue weighted by Gasteiger charge is 2.01. The predicted octanol–water partition coefficient (Wildman–Crippen LogP) is 2.59. The molecule has 0 saturated carbocycles. The molecule has 66 valence electrons. The Labute approximate surface area is 70.9 Å². The van der Waals surface area contributed by atoms with E-state index in [9.17, 15) is 0 Å². The number of hydrogen-bond acceptors (Lipinski definition) is 1. The van der Waals surface area contributed by atoms with E-state index in [1.165, 1.54) is 6.42 Å². The van der Waals surface area contributed by atoms with Gasteiger partial charge in [0.25, 0.3) is 0 Å². The van der Waals surface area contributed by atoms with Crippen molar-refractivity contribution in [2.75, 3.05) is 6.54 Å². The topological polar surface area (TPSA) is 12.0 Å². The summed E-state index contributed by atoms with van der Waals surface area (Å²) < 4.78 is 0. The van der Waals surface area contributed by atoms with Crippen molar-refractivity contribution in [2.45, 2.75) is 40.2 Å². The highest BCUT2D eigenvalue weighted by Crippen LogP contribution is 2.02. The first-order valence-corrected chi connectivity index (χ1v) is 4.51. The van der Waals surface area contributed by atoms with Crippen molar-refractivity contribution in [1.82, 2.24) is 5.32 Å². The molecule has 0 fully saturated rings. The van der Waals surface area contributed by atoms with E-state index in [4.69, 9.17) is 0 Å². The molecule has 1 atom stereocenters. The fourth-order valence-electron chi connectivity index (χ4n) is 1.18. The van der Waals surface area contributed by atoms with E-state index in [0.717, 1.165) is 12.5 Å². The van der Waals surface area contributed by atoms with Gasteiger partial charge in [-0.1, -0.05) is 26.0 Å². The monoisotopic (exact) mass is 155 g/mol. The molecule has 0 aromatic carbocycles. The lowest BCUT2D eigenvalue weighted by Crippen LogP contribution is -2.27. The second kappa shape index (κ2) is 6.41. The number of hydrogen-bond donors (Lipinski definition) is 1. The molecule has 0 bridgehead atoms. The zero-order valence-corrected chi connectivity index (χ0v) is 8.22. The Morgan fingerprint density at radius 3 is 2.36 bits per heavy atom. The van der Waals surface area contributed by atoms with Crippen LogP contribution < -0.4 is 5.32 Å². The van der Waals surface area contributed by atoms with E-state index in [0.29, 0.717) is 6.04 Å². The quantitative estimate of drug-likeness (QED) is 0.602. The van der Waals surface area contributed by atoms with Crippen molar-refractivity contribution in [1.29, 1.82) is 0 Å². The van der Waals surface area contributed by atoms with Gasteiger partial charge >= 0.3 is 0 Å². The maximum atomic E-state index is 3.43. The van der Waals surface area contributed by atoms with E-state index < -0.39 is 0 Å². The first-order valence-electron chi connectivity index (χ1n) is 4.51. The molecule has 0 saturated heterocycles. The Morgan fingerprint density at radius 1 is 1.27 bits per heavy atom. The molecule has 0 heterocycles. The zero-order valence-electron chi connectivity index (χ0n) is 8.22. The van der Waals surface area contributed by atoms with Crippen LogP contribution in [0.1, 0.15) is 34.1 Å². The first-order chi connectivity index (χ1) is 5.16. The molecule has 1 unspecified atom stereocenters. The van der Waals surface area contributed by atoms with Crippen LogP contribution >= 0.6 is 0 Å². The van der Waals surface area contributed by atoms with Crippen molar-refractivity contribution >= 4 is 0 Å². The third kappa shape index (κ3) is 7.60. The summed E-state index contributed by atoms with van der Waals surface area (Å²) in [6, 6.07) is 0.645. The lowest BCUT2D eigenvalue weighted by molar-refractivity contribution is 0.457. The van der Waals surface area contributed by atoms with Crippen LogP contribution in [0.4, 0.5) is 0 Å². The lowest BCUT2D eigenvalue weighted by Gasteiger charge is -2.14. The molecule has 0 aliphatic heterocycles. The standard InChI is InChI=1S/C10H21N/c1-5-6-7-11-10(4)8-9(2)3/h5-6,9-11H,7-8H2,1-4H3/b6-5+. The van der Waals surface area contributed by atoms with Gasteiger partial charge in [-0.25, -0.2) is 0 Å². The smallest absolute Gasteiger partial charge is 0.0137 e. The van der Waals surface area contributed by atoms with Crippen LogP contribution in [0.25, 0.3) is 0 Å². The maximum Gasteiger partial charge on any atom is 0.0137 e. The Morgan fingerprint density at radius 2 is 1.91 bits per heavy atom. The molecular formula is C10H21N. The van der Waals surface area contributed by atoms with Gasteiger partial charge in [0.15, 0.2) is 0 Å². The summed E-state index contributed by atoms with van der Waals surface area (Å²) in [5.41, 5.74) is 0. The summed E-state index contributed by atoms with van der Waals surface area (Å²) in [4.78, 5) is 0. The normalized spacial score (nSPS) is 14.6. The minimum absolute atomic E-state index is 0.645. The van der Waals surface area contributed by atoms with E-state index in [-0.39, 0.29) is 0 Å². The molecule has 0 aromatic heterocycles. The molecule has 1 N–H and O–H groups in total. The van der Waals surface area contributed by atoms with Gasteiger partial charge in [-0.3, -0.25) is 0 Å². The molecule has 1 nitrogen and oxygen atoms in total. The fourth-order valence-corrected chi connectivity index (χ4v) is 1.18. The average Bonchev–Trinajstić information content (AvgIpc) is 1.86. The molecule has 0 aliphatic carbocycles. The summed E-state index contributed by atoms with van der Waals surface area (Å²) in [5.74, 6) is 0.795. The van der Waals surface area contributed by atoms with Crippen molar-refractivity contribution < 1.29 is 0 Å². The van der Waals surface area contributed by atoms with Gasteiger partial charge in [-0.05, 0) is 26.2 Å². The highest BCUT2D eigenvalue weighted by molar-refractivity contribution is 4.80. The Bertz CT molecular complexity index is 105. The van der Waals surface area contributed by atoms with Gasteiger partial charge in [0.1, 0.15) is 0 Å². The molecule has 0 aromatic rings. The van der Waals surface area contributed by atoms with E-state index in [1.807, 2.05) is 0 Å². The molecule has 0 radical (unpaired) electrons. The van der Waals surface area contributed by atoms with Gasteiger partial charge in [-0.15, -0.1) is 0 Å². The van der Waals surface area contributed by atoms with Crippen LogP contribution in [0.2, 0.25) is 0 Å². The van der Waals surface area contributed by atoms with Gasteiger partial charge in [0.05, 0.1) is 0 Å². The number of allylic oxidation sites excluding steroid dienone is 1. The van der Waals surface area contributed by atoms with Crippen molar-refractivity contribution in [3.05, 3.63) is 12.2 Å². The van der Waals surface area contributed by atoms with Crippen LogP contribution in [0.5, 0.6) is 0 Å². The van der Waals surface area contributed by atoms with E-state index in [1.54, 1.807) is 0 Å². The summed E-state index contributed by atoms with van der Waals surface area (Å²) in [6.07, 6.45) is 5.49. The van der Waals surface area contributed by atoms with E-state index >= 15 is 0 Å². The molecular weight excluding hydrogens is 134 g/mol. The molecule has 11 heavy (non-hydrogen) atoms. The molecule has 1 heteroatoms.